The number of benzene rings is 3. The lowest BCUT2D eigenvalue weighted by atomic mass is 9.90. The molecule has 35 heavy (non-hydrogen) atoms. The minimum Gasteiger partial charge on any atom is -0.342 e. The number of halogens is 1. The second-order valence-corrected chi connectivity index (χ2v) is 11.6. The quantitative estimate of drug-likeness (QED) is 0.412. The number of likely N-dealkylation sites (tertiary alicyclic amines) is 1. The molecule has 1 saturated heterocycles. The monoisotopic (exact) mass is 510 g/mol. The van der Waals surface area contributed by atoms with Gasteiger partial charge in [-0.3, -0.25) is 4.79 Å². The van der Waals surface area contributed by atoms with Gasteiger partial charge < -0.3 is 4.90 Å². The third-order valence-electron chi connectivity index (χ3n) is 6.58. The van der Waals surface area contributed by atoms with Crippen molar-refractivity contribution in [3.63, 3.8) is 0 Å². The van der Waals surface area contributed by atoms with Gasteiger partial charge in [0, 0.05) is 24.7 Å². The van der Waals surface area contributed by atoms with Gasteiger partial charge in [-0.25, -0.2) is 8.42 Å². The fraction of sp³-hybridized carbons (Fsp3) is 0.321. The standard InChI is InChI=1S/C28H31ClN2O3S/c1-22-7-9-25(10-8-22)20-31(35(33,34)27-13-11-26(29)12-14-27)21-28(32)30-17-15-24(16-18-30)19-23-5-3-2-4-6-23/h2-14,24H,15-21H2,1H3. The van der Waals surface area contributed by atoms with E-state index in [0.717, 1.165) is 30.4 Å². The largest absolute Gasteiger partial charge is 0.342 e. The van der Waals surface area contributed by atoms with Crippen molar-refractivity contribution in [1.82, 2.24) is 9.21 Å². The fourth-order valence-corrected chi connectivity index (χ4v) is 5.97. The van der Waals surface area contributed by atoms with Crippen molar-refractivity contribution in [1.29, 1.82) is 0 Å². The van der Waals surface area contributed by atoms with E-state index in [1.165, 1.54) is 22.0 Å². The zero-order valence-corrected chi connectivity index (χ0v) is 21.5. The number of nitrogens with zero attached hydrogens (tertiary/aromatic N) is 2. The average molecular weight is 511 g/mol. The number of aryl methyl sites for hydroxylation is 1. The van der Waals surface area contributed by atoms with Gasteiger partial charge in [0.15, 0.2) is 0 Å². The van der Waals surface area contributed by atoms with Crippen LogP contribution >= 0.6 is 11.6 Å². The number of piperidine rings is 1. The molecule has 0 radical (unpaired) electrons. The molecular weight excluding hydrogens is 480 g/mol. The topological polar surface area (TPSA) is 57.7 Å². The predicted octanol–water partition coefficient (Wildman–Crippen LogP) is 5.32. The number of hydrogen-bond acceptors (Lipinski definition) is 3. The highest BCUT2D eigenvalue weighted by atomic mass is 35.5. The summed E-state index contributed by atoms with van der Waals surface area (Å²) in [4.78, 5) is 15.2. The Balaban J connectivity index is 1.46. The average Bonchev–Trinajstić information content (AvgIpc) is 2.86. The summed E-state index contributed by atoms with van der Waals surface area (Å²) < 4.78 is 28.3. The first-order valence-corrected chi connectivity index (χ1v) is 13.8. The molecule has 1 aliphatic rings. The molecule has 7 heteroatoms. The molecule has 1 fully saturated rings. The van der Waals surface area contributed by atoms with Crippen molar-refractivity contribution < 1.29 is 13.2 Å². The van der Waals surface area contributed by atoms with Gasteiger partial charge in [-0.1, -0.05) is 71.8 Å². The highest BCUT2D eigenvalue weighted by Crippen LogP contribution is 2.24. The van der Waals surface area contributed by atoms with E-state index in [9.17, 15) is 13.2 Å². The minimum atomic E-state index is -3.88. The molecule has 1 amide bonds. The lowest BCUT2D eigenvalue weighted by molar-refractivity contribution is -0.132. The van der Waals surface area contributed by atoms with Crippen molar-refractivity contribution in [3.8, 4) is 0 Å². The summed E-state index contributed by atoms with van der Waals surface area (Å²) in [6, 6.07) is 24.2. The Morgan fingerprint density at radius 1 is 0.914 bits per heavy atom. The van der Waals surface area contributed by atoms with Crippen molar-refractivity contribution in [3.05, 3.63) is 101 Å². The molecule has 0 unspecified atom stereocenters. The van der Waals surface area contributed by atoms with Crippen molar-refractivity contribution in [2.45, 2.75) is 37.6 Å². The highest BCUT2D eigenvalue weighted by Gasteiger charge is 2.30. The van der Waals surface area contributed by atoms with E-state index in [1.54, 1.807) is 17.0 Å². The number of carbonyl (C=O) groups excluding carboxylic acids is 1. The second-order valence-electron chi connectivity index (χ2n) is 9.23. The van der Waals surface area contributed by atoms with Gasteiger partial charge >= 0.3 is 0 Å². The smallest absolute Gasteiger partial charge is 0.243 e. The Morgan fingerprint density at radius 2 is 1.54 bits per heavy atom. The highest BCUT2D eigenvalue weighted by molar-refractivity contribution is 7.89. The first-order valence-electron chi connectivity index (χ1n) is 11.9. The van der Waals surface area contributed by atoms with Crippen LogP contribution in [0.2, 0.25) is 5.02 Å². The van der Waals surface area contributed by atoms with Gasteiger partial charge in [0.2, 0.25) is 15.9 Å². The number of hydrogen-bond donors (Lipinski definition) is 0. The molecule has 0 aromatic heterocycles. The van der Waals surface area contributed by atoms with Crippen LogP contribution in [-0.2, 0) is 27.8 Å². The molecule has 1 heterocycles. The van der Waals surface area contributed by atoms with E-state index in [-0.39, 0.29) is 23.9 Å². The van der Waals surface area contributed by atoms with Crippen LogP contribution in [0.25, 0.3) is 0 Å². The summed E-state index contributed by atoms with van der Waals surface area (Å²) in [5.74, 6) is 0.371. The van der Waals surface area contributed by atoms with Crippen molar-refractivity contribution >= 4 is 27.5 Å². The second kappa shape index (κ2) is 11.4. The maximum absolute atomic E-state index is 13.5. The molecule has 0 N–H and O–H groups in total. The first kappa shape index (κ1) is 25.4. The molecule has 184 valence electrons. The van der Waals surface area contributed by atoms with Crippen LogP contribution in [0.5, 0.6) is 0 Å². The summed E-state index contributed by atoms with van der Waals surface area (Å²) in [7, 11) is -3.88. The fourth-order valence-electron chi connectivity index (χ4n) is 4.46. The Morgan fingerprint density at radius 3 is 2.17 bits per heavy atom. The molecule has 0 atom stereocenters. The molecular formula is C28H31ClN2O3S. The van der Waals surface area contributed by atoms with Gasteiger partial charge in [-0.15, -0.1) is 0 Å². The molecule has 0 bridgehead atoms. The maximum atomic E-state index is 13.5. The van der Waals surface area contributed by atoms with E-state index in [0.29, 0.717) is 24.0 Å². The van der Waals surface area contributed by atoms with E-state index >= 15 is 0 Å². The van der Waals surface area contributed by atoms with Crippen LogP contribution in [0.4, 0.5) is 0 Å². The molecule has 0 saturated carbocycles. The molecule has 0 aliphatic carbocycles. The third-order valence-corrected chi connectivity index (χ3v) is 8.63. The number of sulfonamides is 1. The van der Waals surface area contributed by atoms with Crippen LogP contribution < -0.4 is 0 Å². The van der Waals surface area contributed by atoms with Crippen LogP contribution in [-0.4, -0.2) is 43.2 Å². The van der Waals surface area contributed by atoms with Crippen molar-refractivity contribution in [2.24, 2.45) is 5.92 Å². The Bertz CT molecular complexity index is 1220. The van der Waals surface area contributed by atoms with Crippen LogP contribution in [0.15, 0.2) is 83.8 Å². The molecule has 5 nitrogen and oxygen atoms in total. The SMILES string of the molecule is Cc1ccc(CN(CC(=O)N2CCC(Cc3ccccc3)CC2)S(=O)(=O)c2ccc(Cl)cc2)cc1. The normalized spacial score (nSPS) is 14.9. The zero-order valence-electron chi connectivity index (χ0n) is 19.9. The molecule has 3 aromatic rings. The Kier molecular flexibility index (Phi) is 8.26. The lowest BCUT2D eigenvalue weighted by Crippen LogP contribution is -2.45. The lowest BCUT2D eigenvalue weighted by Gasteiger charge is -2.33. The summed E-state index contributed by atoms with van der Waals surface area (Å²) in [6.45, 7) is 3.21. The van der Waals surface area contributed by atoms with E-state index in [1.807, 2.05) is 37.3 Å². The van der Waals surface area contributed by atoms with Gasteiger partial charge in [-0.2, -0.15) is 4.31 Å². The van der Waals surface area contributed by atoms with Crippen LogP contribution in [0, 0.1) is 12.8 Å². The number of rotatable bonds is 8. The van der Waals surface area contributed by atoms with Gasteiger partial charge in [0.05, 0.1) is 11.4 Å². The number of amides is 1. The summed E-state index contributed by atoms with van der Waals surface area (Å²) in [5, 5.41) is 0.462. The Hall–Kier alpha value is -2.67. The third kappa shape index (κ3) is 6.72. The Labute approximate surface area is 213 Å². The van der Waals surface area contributed by atoms with E-state index in [2.05, 4.69) is 24.3 Å². The maximum Gasteiger partial charge on any atom is 0.243 e. The zero-order chi connectivity index (χ0) is 24.8. The van der Waals surface area contributed by atoms with Crippen LogP contribution in [0.3, 0.4) is 0 Å². The van der Waals surface area contributed by atoms with Crippen LogP contribution in [0.1, 0.15) is 29.5 Å². The molecule has 0 spiro atoms. The first-order chi connectivity index (χ1) is 16.8. The van der Waals surface area contributed by atoms with Gasteiger partial charge in [0.1, 0.15) is 0 Å². The van der Waals surface area contributed by atoms with E-state index < -0.39 is 10.0 Å². The predicted molar refractivity (Wildman–Crippen MR) is 140 cm³/mol. The number of carbonyl (C=O) groups is 1. The van der Waals surface area contributed by atoms with E-state index in [4.69, 9.17) is 11.6 Å². The van der Waals surface area contributed by atoms with Gasteiger partial charge in [0.25, 0.3) is 0 Å². The van der Waals surface area contributed by atoms with Gasteiger partial charge in [-0.05, 0) is 67.5 Å². The summed E-state index contributed by atoms with van der Waals surface area (Å²) in [6.07, 6.45) is 2.85. The summed E-state index contributed by atoms with van der Waals surface area (Å²) in [5.41, 5.74) is 3.24. The summed E-state index contributed by atoms with van der Waals surface area (Å²) >= 11 is 5.97. The minimum absolute atomic E-state index is 0.126. The molecule has 3 aromatic carbocycles. The molecule has 1 aliphatic heterocycles. The van der Waals surface area contributed by atoms with Crippen molar-refractivity contribution in [2.75, 3.05) is 19.6 Å². The molecule has 4 rings (SSSR count).